The van der Waals surface area contributed by atoms with E-state index in [-0.39, 0.29) is 17.8 Å². The Kier molecular flexibility index (Phi) is 4.86. The summed E-state index contributed by atoms with van der Waals surface area (Å²) < 4.78 is 13.0. The third-order valence-corrected chi connectivity index (χ3v) is 6.57. The van der Waals surface area contributed by atoms with Gasteiger partial charge in [-0.1, -0.05) is 6.07 Å². The van der Waals surface area contributed by atoms with Crippen LogP contribution in [0.5, 0.6) is 0 Å². The third kappa shape index (κ3) is 3.77. The molecule has 1 aromatic carbocycles. The Labute approximate surface area is 151 Å². The van der Waals surface area contributed by atoms with Crippen LogP contribution >= 0.6 is 11.3 Å². The molecular formula is C20H24FN2OS+. The van der Waals surface area contributed by atoms with E-state index in [1.54, 1.807) is 17.0 Å². The standard InChI is InChI=1S/C20H23FN2OS/c21-15-8-6-14(7-9-15)20(24)22-16-11-17-3-1-4-18(12-16)23(17)13-19-5-2-10-25-19/h2,5-10,16-18H,1,3-4,11-13H2,(H,22,24)/p+1/t16?,17-,18+. The fourth-order valence-electron chi connectivity index (χ4n) is 4.53. The van der Waals surface area contributed by atoms with Crippen molar-refractivity contribution in [2.45, 2.75) is 56.8 Å². The maximum Gasteiger partial charge on any atom is 0.251 e. The number of piperidine rings is 2. The van der Waals surface area contributed by atoms with E-state index in [0.29, 0.717) is 17.6 Å². The molecule has 132 valence electrons. The van der Waals surface area contributed by atoms with Crippen molar-refractivity contribution in [3.63, 3.8) is 0 Å². The predicted molar refractivity (Wildman–Crippen MR) is 97.3 cm³/mol. The lowest BCUT2D eigenvalue weighted by molar-refractivity contribution is -0.973. The van der Waals surface area contributed by atoms with Gasteiger partial charge in [-0.25, -0.2) is 4.39 Å². The molecule has 1 aromatic heterocycles. The SMILES string of the molecule is O=C(NC1C[C@H]2CCC[C@@H](C1)[NH+]2Cc1cccs1)c1ccc(F)cc1. The summed E-state index contributed by atoms with van der Waals surface area (Å²) >= 11 is 1.84. The first-order valence-electron chi connectivity index (χ1n) is 9.13. The lowest BCUT2D eigenvalue weighted by Gasteiger charge is -2.45. The molecule has 1 amide bonds. The number of fused-ring (bicyclic) bond motifs is 2. The summed E-state index contributed by atoms with van der Waals surface area (Å²) in [7, 11) is 0. The normalized spacial score (nSPS) is 28.5. The monoisotopic (exact) mass is 359 g/mol. The minimum absolute atomic E-state index is 0.0789. The summed E-state index contributed by atoms with van der Waals surface area (Å²) in [4.78, 5) is 15.6. The van der Waals surface area contributed by atoms with Gasteiger partial charge >= 0.3 is 0 Å². The van der Waals surface area contributed by atoms with Gasteiger partial charge in [-0.15, -0.1) is 11.3 Å². The molecule has 0 radical (unpaired) electrons. The number of hydrogen-bond donors (Lipinski definition) is 2. The number of nitrogens with one attached hydrogen (secondary N) is 2. The lowest BCUT2D eigenvalue weighted by atomic mass is 9.81. The quantitative estimate of drug-likeness (QED) is 0.865. The number of hydrogen-bond acceptors (Lipinski definition) is 2. The van der Waals surface area contributed by atoms with Crippen LogP contribution in [0.1, 0.15) is 47.3 Å². The second-order valence-electron chi connectivity index (χ2n) is 7.30. The number of thiophene rings is 1. The maximum atomic E-state index is 13.0. The number of benzene rings is 1. The Morgan fingerprint density at radius 1 is 1.16 bits per heavy atom. The van der Waals surface area contributed by atoms with Crippen LogP contribution < -0.4 is 10.2 Å². The summed E-state index contributed by atoms with van der Waals surface area (Å²) in [5.41, 5.74) is 0.542. The number of rotatable bonds is 4. The summed E-state index contributed by atoms with van der Waals surface area (Å²) in [5, 5.41) is 5.34. The van der Waals surface area contributed by atoms with Gasteiger partial charge in [0.2, 0.25) is 0 Å². The zero-order valence-electron chi connectivity index (χ0n) is 14.2. The topological polar surface area (TPSA) is 33.5 Å². The molecule has 2 fully saturated rings. The highest BCUT2D eigenvalue weighted by atomic mass is 32.1. The molecule has 2 aromatic rings. The van der Waals surface area contributed by atoms with E-state index in [1.807, 2.05) is 11.3 Å². The Bertz CT molecular complexity index is 702. The van der Waals surface area contributed by atoms with Crippen LogP contribution in [0.2, 0.25) is 0 Å². The van der Waals surface area contributed by atoms with E-state index in [1.165, 1.54) is 36.3 Å². The highest BCUT2D eigenvalue weighted by Gasteiger charge is 2.42. The molecular weight excluding hydrogens is 335 g/mol. The van der Waals surface area contributed by atoms with E-state index in [9.17, 15) is 9.18 Å². The molecule has 2 N–H and O–H groups in total. The highest BCUT2D eigenvalue weighted by Crippen LogP contribution is 2.23. The molecule has 4 atom stereocenters. The van der Waals surface area contributed by atoms with Crippen molar-refractivity contribution in [1.82, 2.24) is 5.32 Å². The number of amides is 1. The van der Waals surface area contributed by atoms with Crippen LogP contribution in [-0.4, -0.2) is 24.0 Å². The summed E-state index contributed by atoms with van der Waals surface area (Å²) in [6.45, 7) is 1.12. The summed E-state index contributed by atoms with van der Waals surface area (Å²) in [6.07, 6.45) is 5.90. The fraction of sp³-hybridized carbons (Fsp3) is 0.450. The van der Waals surface area contributed by atoms with Crippen LogP contribution in [0, 0.1) is 5.82 Å². The molecule has 0 aliphatic carbocycles. The van der Waals surface area contributed by atoms with Gasteiger partial charge in [0.15, 0.2) is 0 Å². The average molecular weight is 359 g/mol. The van der Waals surface area contributed by atoms with E-state index >= 15 is 0 Å². The van der Waals surface area contributed by atoms with Crippen molar-refractivity contribution in [3.05, 3.63) is 58.0 Å². The Morgan fingerprint density at radius 3 is 2.52 bits per heavy atom. The Balaban J connectivity index is 1.40. The Morgan fingerprint density at radius 2 is 1.88 bits per heavy atom. The average Bonchev–Trinajstić information content (AvgIpc) is 3.09. The van der Waals surface area contributed by atoms with Crippen molar-refractivity contribution in [3.8, 4) is 0 Å². The van der Waals surface area contributed by atoms with Gasteiger partial charge in [-0.05, 0) is 55.0 Å². The van der Waals surface area contributed by atoms with Crippen LogP contribution in [0.4, 0.5) is 4.39 Å². The van der Waals surface area contributed by atoms with Crippen LogP contribution in [-0.2, 0) is 6.54 Å². The minimum atomic E-state index is -0.309. The minimum Gasteiger partial charge on any atom is -0.349 e. The van der Waals surface area contributed by atoms with E-state index < -0.39 is 0 Å². The van der Waals surface area contributed by atoms with Crippen molar-refractivity contribution >= 4 is 17.2 Å². The summed E-state index contributed by atoms with van der Waals surface area (Å²) in [5.74, 6) is -0.388. The molecule has 25 heavy (non-hydrogen) atoms. The molecule has 2 aliphatic heterocycles. The molecule has 0 saturated carbocycles. The van der Waals surface area contributed by atoms with Gasteiger partial charge in [-0.2, -0.15) is 0 Å². The molecule has 2 aliphatic rings. The first kappa shape index (κ1) is 16.7. The number of carbonyl (C=O) groups is 1. The summed E-state index contributed by atoms with van der Waals surface area (Å²) in [6, 6.07) is 11.7. The molecule has 5 heteroatoms. The van der Waals surface area contributed by atoms with Gasteiger partial charge in [-0.3, -0.25) is 4.79 Å². The van der Waals surface area contributed by atoms with Gasteiger partial charge in [0.1, 0.15) is 12.4 Å². The van der Waals surface area contributed by atoms with Gasteiger partial charge in [0.05, 0.1) is 17.0 Å². The smallest absolute Gasteiger partial charge is 0.251 e. The van der Waals surface area contributed by atoms with Crippen molar-refractivity contribution < 1.29 is 14.1 Å². The first-order valence-corrected chi connectivity index (χ1v) is 10.0. The van der Waals surface area contributed by atoms with Crippen LogP contribution in [0.25, 0.3) is 0 Å². The number of halogens is 1. The second-order valence-corrected chi connectivity index (χ2v) is 8.34. The van der Waals surface area contributed by atoms with Crippen molar-refractivity contribution in [1.29, 1.82) is 0 Å². The van der Waals surface area contributed by atoms with E-state index in [0.717, 1.165) is 19.4 Å². The zero-order valence-corrected chi connectivity index (χ0v) is 15.0. The third-order valence-electron chi connectivity index (χ3n) is 5.69. The van der Waals surface area contributed by atoms with Crippen molar-refractivity contribution in [2.24, 2.45) is 0 Å². The van der Waals surface area contributed by atoms with E-state index in [4.69, 9.17) is 0 Å². The zero-order chi connectivity index (χ0) is 17.2. The second kappa shape index (κ2) is 7.26. The first-order chi connectivity index (χ1) is 12.2. The molecule has 0 spiro atoms. The fourth-order valence-corrected chi connectivity index (χ4v) is 5.27. The molecule has 2 unspecified atom stereocenters. The van der Waals surface area contributed by atoms with Gasteiger partial charge in [0.25, 0.3) is 5.91 Å². The maximum absolute atomic E-state index is 13.0. The van der Waals surface area contributed by atoms with Crippen LogP contribution in [0.3, 0.4) is 0 Å². The predicted octanol–water partition coefficient (Wildman–Crippen LogP) is 2.79. The van der Waals surface area contributed by atoms with Gasteiger partial charge < -0.3 is 10.2 Å². The molecule has 2 saturated heterocycles. The van der Waals surface area contributed by atoms with Crippen molar-refractivity contribution in [2.75, 3.05) is 0 Å². The molecule has 4 rings (SSSR count). The molecule has 3 heterocycles. The van der Waals surface area contributed by atoms with Gasteiger partial charge in [0, 0.05) is 24.4 Å². The Hall–Kier alpha value is -1.72. The highest BCUT2D eigenvalue weighted by molar-refractivity contribution is 7.09. The number of carbonyl (C=O) groups excluding carboxylic acids is 1. The largest absolute Gasteiger partial charge is 0.349 e. The molecule has 2 bridgehead atoms. The van der Waals surface area contributed by atoms with E-state index in [2.05, 4.69) is 22.8 Å². The lowest BCUT2D eigenvalue weighted by Crippen LogP contribution is -3.20. The number of quaternary nitrogens is 1. The van der Waals surface area contributed by atoms with Crippen LogP contribution in [0.15, 0.2) is 41.8 Å². The molecule has 3 nitrogen and oxygen atoms in total.